The highest BCUT2D eigenvalue weighted by atomic mass is 16.3. The van der Waals surface area contributed by atoms with Crippen molar-refractivity contribution in [3.8, 4) is 5.75 Å². The summed E-state index contributed by atoms with van der Waals surface area (Å²) >= 11 is 0. The van der Waals surface area contributed by atoms with E-state index < -0.39 is 0 Å². The molecule has 0 aliphatic carbocycles. The Labute approximate surface area is 111 Å². The molecule has 0 atom stereocenters. The second-order valence-electron chi connectivity index (χ2n) is 3.94. The molecule has 0 spiro atoms. The summed E-state index contributed by atoms with van der Waals surface area (Å²) in [5, 5.41) is 12.2. The molecule has 0 aliphatic heterocycles. The first-order chi connectivity index (χ1) is 9.25. The lowest BCUT2D eigenvalue weighted by molar-refractivity contribution is -0.114. The molecular formula is C15H14N2O2. The molecule has 2 aromatic carbocycles. The van der Waals surface area contributed by atoms with E-state index in [1.54, 1.807) is 24.3 Å². The van der Waals surface area contributed by atoms with E-state index in [1.807, 2.05) is 30.3 Å². The predicted molar refractivity (Wildman–Crippen MR) is 75.6 cm³/mol. The molecule has 19 heavy (non-hydrogen) atoms. The number of anilines is 1. The fraction of sp³-hybridized carbons (Fsp3) is 0.0667. The first-order valence-corrected chi connectivity index (χ1v) is 5.88. The number of amides is 1. The van der Waals surface area contributed by atoms with Crippen LogP contribution in [0, 0.1) is 0 Å². The average Bonchev–Trinajstić information content (AvgIpc) is 2.42. The molecule has 0 aliphatic rings. The van der Waals surface area contributed by atoms with Crippen LogP contribution in [0.15, 0.2) is 59.6 Å². The van der Waals surface area contributed by atoms with Gasteiger partial charge in [0.15, 0.2) is 0 Å². The molecule has 0 heterocycles. The Morgan fingerprint density at radius 2 is 1.79 bits per heavy atom. The van der Waals surface area contributed by atoms with E-state index in [2.05, 4.69) is 10.3 Å². The summed E-state index contributed by atoms with van der Waals surface area (Å²) < 4.78 is 0. The highest BCUT2D eigenvalue weighted by molar-refractivity contribution is 5.94. The largest absolute Gasteiger partial charge is 0.507 e. The van der Waals surface area contributed by atoms with Crippen LogP contribution in [0.5, 0.6) is 5.75 Å². The highest BCUT2D eigenvalue weighted by Crippen LogP contribution is 2.12. The van der Waals surface area contributed by atoms with Crippen molar-refractivity contribution in [1.29, 1.82) is 0 Å². The van der Waals surface area contributed by atoms with E-state index in [0.717, 1.165) is 5.69 Å². The van der Waals surface area contributed by atoms with Crippen molar-refractivity contribution < 1.29 is 9.90 Å². The molecule has 0 aromatic heterocycles. The summed E-state index contributed by atoms with van der Waals surface area (Å²) in [7, 11) is 0. The Kier molecular flexibility index (Phi) is 4.29. The van der Waals surface area contributed by atoms with Gasteiger partial charge in [-0.1, -0.05) is 30.3 Å². The SMILES string of the molecule is O=C(CN=Cc1ccccc1O)Nc1ccccc1. The molecule has 0 saturated carbocycles. The number of rotatable bonds is 4. The first-order valence-electron chi connectivity index (χ1n) is 5.88. The van der Waals surface area contributed by atoms with Crippen molar-refractivity contribution >= 4 is 17.8 Å². The van der Waals surface area contributed by atoms with Gasteiger partial charge >= 0.3 is 0 Å². The van der Waals surface area contributed by atoms with E-state index in [4.69, 9.17) is 0 Å². The Hall–Kier alpha value is -2.62. The number of benzene rings is 2. The second-order valence-corrected chi connectivity index (χ2v) is 3.94. The summed E-state index contributed by atoms with van der Waals surface area (Å²) in [6, 6.07) is 16.0. The molecule has 0 radical (unpaired) electrons. The lowest BCUT2D eigenvalue weighted by atomic mass is 10.2. The Balaban J connectivity index is 1.89. The van der Waals surface area contributed by atoms with Gasteiger partial charge in [-0.25, -0.2) is 0 Å². The zero-order valence-electron chi connectivity index (χ0n) is 10.3. The maximum absolute atomic E-state index is 11.6. The number of aromatic hydroxyl groups is 1. The number of nitrogens with zero attached hydrogens (tertiary/aromatic N) is 1. The Morgan fingerprint density at radius 1 is 1.11 bits per heavy atom. The summed E-state index contributed by atoms with van der Waals surface area (Å²) in [6.07, 6.45) is 1.49. The van der Waals surface area contributed by atoms with Gasteiger partial charge in [0.2, 0.25) is 5.91 Å². The van der Waals surface area contributed by atoms with Crippen molar-refractivity contribution in [1.82, 2.24) is 0 Å². The van der Waals surface area contributed by atoms with Crippen LogP contribution in [0.25, 0.3) is 0 Å². The number of phenolic OH excluding ortho intramolecular Hbond substituents is 1. The first kappa shape index (κ1) is 12.8. The molecule has 2 aromatic rings. The van der Waals surface area contributed by atoms with Gasteiger partial charge in [-0.05, 0) is 24.3 Å². The lowest BCUT2D eigenvalue weighted by Gasteiger charge is -2.02. The van der Waals surface area contributed by atoms with Crippen LogP contribution in [0.1, 0.15) is 5.56 Å². The normalized spacial score (nSPS) is 10.5. The van der Waals surface area contributed by atoms with Crippen LogP contribution in [0.4, 0.5) is 5.69 Å². The zero-order valence-corrected chi connectivity index (χ0v) is 10.3. The molecule has 1 amide bonds. The maximum Gasteiger partial charge on any atom is 0.246 e. The monoisotopic (exact) mass is 254 g/mol. The molecule has 0 unspecified atom stereocenters. The van der Waals surface area contributed by atoms with E-state index in [9.17, 15) is 9.90 Å². The van der Waals surface area contributed by atoms with E-state index in [0.29, 0.717) is 5.56 Å². The second kappa shape index (κ2) is 6.35. The van der Waals surface area contributed by atoms with Gasteiger partial charge in [-0.15, -0.1) is 0 Å². The van der Waals surface area contributed by atoms with E-state index in [-0.39, 0.29) is 18.2 Å². The number of nitrogens with one attached hydrogen (secondary N) is 1. The van der Waals surface area contributed by atoms with Crippen molar-refractivity contribution in [2.45, 2.75) is 0 Å². The minimum Gasteiger partial charge on any atom is -0.507 e. The summed E-state index contributed by atoms with van der Waals surface area (Å²) in [6.45, 7) is 0.0171. The van der Waals surface area contributed by atoms with Gasteiger partial charge in [0, 0.05) is 17.5 Å². The number of phenols is 1. The van der Waals surface area contributed by atoms with Crippen LogP contribution in [0.2, 0.25) is 0 Å². The van der Waals surface area contributed by atoms with Crippen LogP contribution in [-0.4, -0.2) is 23.8 Å². The van der Waals surface area contributed by atoms with Gasteiger partial charge in [-0.3, -0.25) is 9.79 Å². The minimum atomic E-state index is -0.196. The number of para-hydroxylation sites is 2. The smallest absolute Gasteiger partial charge is 0.246 e. The fourth-order valence-electron chi connectivity index (χ4n) is 1.55. The van der Waals surface area contributed by atoms with E-state index in [1.165, 1.54) is 6.21 Å². The Morgan fingerprint density at radius 3 is 2.53 bits per heavy atom. The number of carbonyl (C=O) groups excluding carboxylic acids is 1. The standard InChI is InChI=1S/C15H14N2O2/c18-14-9-5-4-6-12(14)10-16-11-15(19)17-13-7-2-1-3-8-13/h1-10,18H,11H2,(H,17,19). The van der Waals surface area contributed by atoms with Crippen LogP contribution >= 0.6 is 0 Å². The van der Waals surface area contributed by atoms with Crippen molar-refractivity contribution in [2.24, 2.45) is 4.99 Å². The van der Waals surface area contributed by atoms with Gasteiger partial charge in [0.25, 0.3) is 0 Å². The number of hydrogen-bond acceptors (Lipinski definition) is 3. The third kappa shape index (κ3) is 3.96. The highest BCUT2D eigenvalue weighted by Gasteiger charge is 2.00. The summed E-state index contributed by atoms with van der Waals surface area (Å²) in [5.41, 5.74) is 1.33. The topological polar surface area (TPSA) is 61.7 Å². The van der Waals surface area contributed by atoms with Gasteiger partial charge < -0.3 is 10.4 Å². The third-order valence-corrected chi connectivity index (χ3v) is 2.46. The quantitative estimate of drug-likeness (QED) is 0.823. The lowest BCUT2D eigenvalue weighted by Crippen LogP contribution is -2.14. The van der Waals surface area contributed by atoms with Gasteiger partial charge in [-0.2, -0.15) is 0 Å². The summed E-state index contributed by atoms with van der Waals surface area (Å²) in [4.78, 5) is 15.6. The average molecular weight is 254 g/mol. The molecule has 4 heteroatoms. The van der Waals surface area contributed by atoms with Crippen molar-refractivity contribution in [2.75, 3.05) is 11.9 Å². The fourth-order valence-corrected chi connectivity index (χ4v) is 1.55. The predicted octanol–water partition coefficient (Wildman–Crippen LogP) is 2.45. The number of hydrogen-bond donors (Lipinski definition) is 2. The molecular weight excluding hydrogens is 240 g/mol. The minimum absolute atomic E-state index is 0.0171. The zero-order chi connectivity index (χ0) is 13.5. The Bertz CT molecular complexity index is 580. The van der Waals surface area contributed by atoms with Gasteiger partial charge in [0.1, 0.15) is 12.3 Å². The number of aliphatic imine (C=N–C) groups is 1. The van der Waals surface area contributed by atoms with Crippen LogP contribution in [-0.2, 0) is 4.79 Å². The molecule has 4 nitrogen and oxygen atoms in total. The molecule has 0 fully saturated rings. The number of carbonyl (C=O) groups is 1. The molecule has 96 valence electrons. The van der Waals surface area contributed by atoms with Gasteiger partial charge in [0.05, 0.1) is 0 Å². The third-order valence-electron chi connectivity index (χ3n) is 2.46. The maximum atomic E-state index is 11.6. The molecule has 2 rings (SSSR count). The molecule has 2 N–H and O–H groups in total. The summed E-state index contributed by atoms with van der Waals surface area (Å²) in [5.74, 6) is -0.0485. The van der Waals surface area contributed by atoms with Crippen LogP contribution < -0.4 is 5.32 Å². The molecule has 0 saturated heterocycles. The van der Waals surface area contributed by atoms with Crippen molar-refractivity contribution in [3.05, 3.63) is 60.2 Å². The van der Waals surface area contributed by atoms with Crippen molar-refractivity contribution in [3.63, 3.8) is 0 Å². The molecule has 0 bridgehead atoms. The van der Waals surface area contributed by atoms with E-state index >= 15 is 0 Å². The van der Waals surface area contributed by atoms with Crippen LogP contribution in [0.3, 0.4) is 0 Å².